The molecule has 23 aromatic rings. The van der Waals surface area contributed by atoms with Crippen LogP contribution in [0.15, 0.2) is 413 Å². The molecule has 0 fully saturated rings. The number of carbonyl (C=O) groups is 1. The van der Waals surface area contributed by atoms with Crippen LogP contribution in [0.25, 0.3) is 141 Å². The number of thiophene rings is 1. The third-order valence-electron chi connectivity index (χ3n) is 24.7. The second-order valence-electron chi connectivity index (χ2n) is 31.0. The molecule has 7 heterocycles. The number of anilines is 12. The van der Waals surface area contributed by atoms with E-state index in [0.717, 1.165) is 134 Å². The van der Waals surface area contributed by atoms with Gasteiger partial charge < -0.3 is 37.9 Å². The van der Waals surface area contributed by atoms with Crippen molar-refractivity contribution in [3.8, 4) is 33.9 Å². The number of para-hydroxylation sites is 12. The zero-order valence-electron chi connectivity index (χ0n) is 64.2. The maximum atomic E-state index is 16.3. The van der Waals surface area contributed by atoms with Crippen LogP contribution in [0, 0.1) is 0 Å². The third-order valence-corrected chi connectivity index (χ3v) is 25.9. The number of aromatic nitrogens is 4. The quantitative estimate of drug-likeness (QED) is 0.152. The van der Waals surface area contributed by atoms with Crippen molar-refractivity contribution < 1.29 is 4.79 Å². The summed E-state index contributed by atoms with van der Waals surface area (Å²) in [6.45, 7) is 0. The predicted molar refractivity (Wildman–Crippen MR) is 498 cm³/mol. The van der Waals surface area contributed by atoms with E-state index in [4.69, 9.17) is 0 Å². The highest BCUT2D eigenvalue weighted by molar-refractivity contribution is 7.27. The summed E-state index contributed by atoms with van der Waals surface area (Å²) in [6.07, 6.45) is 0. The maximum absolute atomic E-state index is 16.3. The Morgan fingerprint density at radius 2 is 0.370 bits per heavy atom. The number of fused-ring (bicyclic) bond motifs is 16. The lowest BCUT2D eigenvalue weighted by atomic mass is 9.97. The number of carbonyl (C=O) groups excluding carboxylic acids is 1. The van der Waals surface area contributed by atoms with Crippen LogP contribution in [0.1, 0.15) is 15.9 Å². The van der Waals surface area contributed by atoms with Crippen molar-refractivity contribution >= 4 is 193 Å². The molecule has 0 atom stereocenters. The fourth-order valence-electron chi connectivity index (χ4n) is 19.9. The first-order valence-electron chi connectivity index (χ1n) is 40.5. The van der Waals surface area contributed by atoms with Crippen LogP contribution < -0.4 is 19.6 Å². The highest BCUT2D eigenvalue weighted by Gasteiger charge is 2.42. The van der Waals surface area contributed by atoms with E-state index < -0.39 is 0 Å². The van der Waals surface area contributed by atoms with Crippen LogP contribution in [0.3, 0.4) is 0 Å². The van der Waals surface area contributed by atoms with Crippen LogP contribution in [-0.4, -0.2) is 24.1 Å². The fourth-order valence-corrected chi connectivity index (χ4v) is 21.3. The van der Waals surface area contributed by atoms with Crippen LogP contribution >= 0.6 is 11.3 Å². The molecular formula is C109H68N8OS. The fraction of sp³-hybridized carbons (Fsp3) is 0. The number of hydrogen-bond donors (Lipinski definition) is 0. The zero-order valence-corrected chi connectivity index (χ0v) is 65.0. The van der Waals surface area contributed by atoms with Crippen LogP contribution in [0.4, 0.5) is 68.2 Å². The van der Waals surface area contributed by atoms with Gasteiger partial charge in [-0.1, -0.05) is 231 Å². The molecule has 0 N–H and O–H groups in total. The zero-order chi connectivity index (χ0) is 78.1. The summed E-state index contributed by atoms with van der Waals surface area (Å²) >= 11 is 1.91. The summed E-state index contributed by atoms with van der Waals surface area (Å²) in [4.78, 5) is 25.9. The third kappa shape index (κ3) is 9.77. The standard InChI is InChI=1S/C55H34N4O.C54H34N4S/c60-55-53-49(58-43-26-11-7-22-39(43)40-23-8-12-27-44(40)58)32-30-47-51(53)52-48(31-33-50(54(52)55)59-45-28-13-9-24-41(45)42-25-10-14-29-46(42)59)57(36-18-5-2-6-19-36)38-21-15-20-37(34-38)56(47)35-16-3-1-4-17-35;1-3-16-35(17-4-1)55-37-20-15-21-38(34-37)56(36-18-5-2-6-19-36)48-31-33-50(58-45-28-13-9-24-41(45)42-25-10-14-29-46(42)58)54-52(48)51-47(55)30-32-49(53(51)59-54)57-43-26-11-7-22-39(43)40-23-8-12-27-44(40)57/h1-34H;1-34H. The van der Waals surface area contributed by atoms with Crippen molar-refractivity contribution in [3.05, 3.63) is 424 Å². The van der Waals surface area contributed by atoms with Gasteiger partial charge in [0.2, 0.25) is 0 Å². The number of benzene rings is 18. The number of rotatable bonds is 8. The normalized spacial score (nSPS) is 12.8. The minimum absolute atomic E-state index is 0.00248. The molecule has 119 heavy (non-hydrogen) atoms. The Hall–Kier alpha value is -15.8. The summed E-state index contributed by atoms with van der Waals surface area (Å²) in [5.74, 6) is 0.00248. The number of nitrogens with zero attached hydrogens (tertiary/aromatic N) is 8. The largest absolute Gasteiger partial charge is 0.310 e. The number of ketones is 1. The summed E-state index contributed by atoms with van der Waals surface area (Å²) in [6, 6.07) is 148. The Kier molecular flexibility index (Phi) is 14.6. The molecule has 0 amide bonds. The first-order valence-corrected chi connectivity index (χ1v) is 41.3. The van der Waals surface area contributed by atoms with E-state index >= 15 is 4.79 Å². The molecule has 0 spiro atoms. The molecule has 0 saturated carbocycles. The Labute approximate surface area is 688 Å². The minimum atomic E-state index is 0.00248. The molecule has 9 nitrogen and oxygen atoms in total. The lowest BCUT2D eigenvalue weighted by Crippen LogP contribution is -2.14. The molecule has 4 bridgehead atoms. The van der Waals surface area contributed by atoms with Gasteiger partial charge in [0.1, 0.15) is 0 Å². The smallest absolute Gasteiger partial charge is 0.198 e. The van der Waals surface area contributed by atoms with E-state index in [-0.39, 0.29) is 5.78 Å². The average molecular weight is 1540 g/mol. The number of hydrogen-bond acceptors (Lipinski definition) is 6. The highest BCUT2D eigenvalue weighted by Crippen LogP contribution is 2.60. The van der Waals surface area contributed by atoms with Gasteiger partial charge in [-0.2, -0.15) is 0 Å². The Balaban J connectivity index is 0.000000132. The van der Waals surface area contributed by atoms with Crippen molar-refractivity contribution in [2.24, 2.45) is 0 Å². The lowest BCUT2D eigenvalue weighted by Gasteiger charge is -2.28. The van der Waals surface area contributed by atoms with Gasteiger partial charge in [-0.05, 0) is 182 Å². The molecule has 0 radical (unpaired) electrons. The van der Waals surface area contributed by atoms with E-state index in [1.807, 2.05) is 11.3 Å². The molecule has 0 saturated heterocycles. The summed E-state index contributed by atoms with van der Waals surface area (Å²) in [7, 11) is 0. The van der Waals surface area contributed by atoms with Gasteiger partial charge in [0.25, 0.3) is 0 Å². The van der Waals surface area contributed by atoms with Gasteiger partial charge in [0.05, 0.1) is 110 Å². The van der Waals surface area contributed by atoms with E-state index in [1.165, 1.54) is 75.2 Å². The maximum Gasteiger partial charge on any atom is 0.198 e. The predicted octanol–water partition coefficient (Wildman–Crippen LogP) is 29.8. The first-order chi connectivity index (χ1) is 59.1. The van der Waals surface area contributed by atoms with E-state index in [2.05, 4.69) is 450 Å². The van der Waals surface area contributed by atoms with Crippen molar-refractivity contribution in [1.82, 2.24) is 18.3 Å². The Morgan fingerprint density at radius 1 is 0.168 bits per heavy atom. The van der Waals surface area contributed by atoms with Gasteiger partial charge in [-0.25, -0.2) is 0 Å². The molecule has 1 aliphatic carbocycles. The van der Waals surface area contributed by atoms with Crippen LogP contribution in [-0.2, 0) is 0 Å². The Bertz CT molecular complexity index is 7500. The van der Waals surface area contributed by atoms with E-state index in [9.17, 15) is 0 Å². The van der Waals surface area contributed by atoms with Crippen molar-refractivity contribution in [2.75, 3.05) is 19.6 Å². The van der Waals surface area contributed by atoms with Crippen molar-refractivity contribution in [3.63, 3.8) is 0 Å². The monoisotopic (exact) mass is 1540 g/mol. The molecule has 0 unspecified atom stereocenters. The Morgan fingerprint density at radius 3 is 0.639 bits per heavy atom. The van der Waals surface area contributed by atoms with Crippen LogP contribution in [0.5, 0.6) is 0 Å². The highest BCUT2D eigenvalue weighted by atomic mass is 32.1. The van der Waals surface area contributed by atoms with Gasteiger partial charge in [0, 0.05) is 110 Å². The van der Waals surface area contributed by atoms with Crippen molar-refractivity contribution in [1.29, 1.82) is 0 Å². The summed E-state index contributed by atoms with van der Waals surface area (Å²) in [5.41, 5.74) is 28.9. The molecule has 556 valence electrons. The molecule has 18 aromatic carbocycles. The average Bonchev–Trinajstić information content (AvgIpc) is 1.54. The molecule has 5 aromatic heterocycles. The lowest BCUT2D eigenvalue weighted by molar-refractivity contribution is 0.104. The molecule has 2 aliphatic heterocycles. The minimum Gasteiger partial charge on any atom is -0.310 e. The van der Waals surface area contributed by atoms with E-state index in [1.54, 1.807) is 0 Å². The summed E-state index contributed by atoms with van der Waals surface area (Å²) in [5, 5.41) is 12.1. The SMILES string of the molecule is O=C1c2c(-n3c4ccccc4c4ccccc43)ccc3c2-c2c(ccc(-n4c5ccccc5c5ccccc54)c21)N(c1ccccc1)c1cccc(c1)N3c1ccccc1.c1ccc(N2c3cccc(c3)N(c3ccccc3)c3ccc(-n4c5ccccc5c5ccccc54)c4sc5c(-n6c7ccccc7c7ccccc76)ccc2c5c34)cc1. The molecular weight excluding hydrogens is 1470 g/mol. The van der Waals surface area contributed by atoms with Gasteiger partial charge in [-0.15, -0.1) is 11.3 Å². The van der Waals surface area contributed by atoms with Gasteiger partial charge in [-0.3, -0.25) is 4.79 Å². The second-order valence-corrected chi connectivity index (χ2v) is 32.0. The molecule has 26 rings (SSSR count). The molecule has 10 heteroatoms. The van der Waals surface area contributed by atoms with Crippen molar-refractivity contribution in [2.45, 2.75) is 0 Å². The second kappa shape index (κ2) is 26.1. The topological polar surface area (TPSA) is 49.8 Å². The summed E-state index contributed by atoms with van der Waals surface area (Å²) < 4.78 is 12.1. The van der Waals surface area contributed by atoms with Crippen LogP contribution in [0.2, 0.25) is 0 Å². The first kappa shape index (κ1) is 66.7. The van der Waals surface area contributed by atoms with E-state index in [0.29, 0.717) is 11.1 Å². The van der Waals surface area contributed by atoms with Gasteiger partial charge in [0.15, 0.2) is 5.78 Å². The molecule has 3 aliphatic rings. The van der Waals surface area contributed by atoms with Gasteiger partial charge >= 0.3 is 0 Å².